The summed E-state index contributed by atoms with van der Waals surface area (Å²) in [5, 5.41) is 26.8. The van der Waals surface area contributed by atoms with Crippen LogP contribution in [0.3, 0.4) is 0 Å². The summed E-state index contributed by atoms with van der Waals surface area (Å²) in [5.74, 6) is -3.36. The Balaban J connectivity index is 2.89. The monoisotopic (exact) mass is 231 g/mol. The second-order valence-electron chi connectivity index (χ2n) is 4.01. The van der Waals surface area contributed by atoms with Crippen LogP contribution < -0.4 is 0 Å². The molecule has 1 amide bonds. The van der Waals surface area contributed by atoms with Crippen LogP contribution in [0.4, 0.5) is 0 Å². The minimum atomic E-state index is -1.52. The van der Waals surface area contributed by atoms with Crippen molar-refractivity contribution in [2.24, 2.45) is 0 Å². The molecule has 1 aliphatic rings. The Labute approximate surface area is 91.3 Å². The Morgan fingerprint density at radius 3 is 2.38 bits per heavy atom. The van der Waals surface area contributed by atoms with E-state index in [1.807, 2.05) is 0 Å². The number of nitrogens with zero attached hydrogens (tertiary/aromatic N) is 1. The lowest BCUT2D eigenvalue weighted by Crippen LogP contribution is -2.51. The molecule has 0 aromatic heterocycles. The fourth-order valence-corrected chi connectivity index (χ4v) is 1.85. The molecule has 0 bridgehead atoms. The fourth-order valence-electron chi connectivity index (χ4n) is 1.85. The van der Waals surface area contributed by atoms with E-state index in [1.165, 1.54) is 6.92 Å². The largest absolute Gasteiger partial charge is 0.481 e. The van der Waals surface area contributed by atoms with Gasteiger partial charge in [0.15, 0.2) is 0 Å². The normalized spacial score (nSPS) is 29.1. The molecule has 0 aromatic rings. The van der Waals surface area contributed by atoms with Gasteiger partial charge in [-0.05, 0) is 6.92 Å². The molecule has 1 saturated heterocycles. The van der Waals surface area contributed by atoms with Gasteiger partial charge < -0.3 is 20.2 Å². The molecular formula is C9H13NO6. The highest BCUT2D eigenvalue weighted by Gasteiger charge is 2.49. The molecule has 0 radical (unpaired) electrons. The number of β-amino-alcohol motifs (C(OH)–C–C–N with tert-alkyl or cyclic N) is 1. The fraction of sp³-hybridized carbons (Fsp3) is 0.667. The lowest BCUT2D eigenvalue weighted by atomic mass is 9.98. The van der Waals surface area contributed by atoms with Crippen molar-refractivity contribution in [1.82, 2.24) is 4.90 Å². The molecule has 7 nitrogen and oxygen atoms in total. The van der Waals surface area contributed by atoms with Crippen molar-refractivity contribution in [3.63, 3.8) is 0 Å². The average molecular weight is 231 g/mol. The maximum atomic E-state index is 11.5. The molecule has 0 saturated carbocycles. The highest BCUT2D eigenvalue weighted by molar-refractivity contribution is 5.96. The summed E-state index contributed by atoms with van der Waals surface area (Å²) in [6.07, 6.45) is -1.79. The van der Waals surface area contributed by atoms with Crippen LogP contribution in [0.1, 0.15) is 19.8 Å². The number of likely N-dealkylation sites (tertiary alicyclic amines) is 1. The summed E-state index contributed by atoms with van der Waals surface area (Å²) in [5.41, 5.74) is -1.52. The molecule has 1 heterocycles. The summed E-state index contributed by atoms with van der Waals surface area (Å²) >= 11 is 0. The number of carboxylic acids is 2. The van der Waals surface area contributed by atoms with Gasteiger partial charge in [0, 0.05) is 13.0 Å². The number of carbonyl (C=O) groups is 3. The SMILES string of the molecule is C[C@@]1(C(=O)O)C[C@@H](O)CN1C(=O)CC(=O)O. The van der Waals surface area contributed by atoms with E-state index in [0.29, 0.717) is 0 Å². The maximum absolute atomic E-state index is 11.5. The number of amides is 1. The summed E-state index contributed by atoms with van der Waals surface area (Å²) in [6.45, 7) is 1.15. The van der Waals surface area contributed by atoms with E-state index in [-0.39, 0.29) is 13.0 Å². The van der Waals surface area contributed by atoms with E-state index in [1.54, 1.807) is 0 Å². The molecule has 3 N–H and O–H groups in total. The third-order valence-corrected chi connectivity index (χ3v) is 2.69. The zero-order chi connectivity index (χ0) is 12.5. The number of carboxylic acid groups (broad SMARTS) is 2. The van der Waals surface area contributed by atoms with Gasteiger partial charge in [-0.2, -0.15) is 0 Å². The first kappa shape index (κ1) is 12.4. The zero-order valence-electron chi connectivity index (χ0n) is 8.71. The number of aliphatic hydroxyl groups is 1. The minimum Gasteiger partial charge on any atom is -0.481 e. The van der Waals surface area contributed by atoms with Crippen LogP contribution in [0.2, 0.25) is 0 Å². The van der Waals surface area contributed by atoms with Gasteiger partial charge in [0.05, 0.1) is 6.10 Å². The zero-order valence-corrected chi connectivity index (χ0v) is 8.71. The average Bonchev–Trinajstić information content (AvgIpc) is 2.41. The quantitative estimate of drug-likeness (QED) is 0.531. The maximum Gasteiger partial charge on any atom is 0.329 e. The Morgan fingerprint density at radius 1 is 1.38 bits per heavy atom. The number of aliphatic hydroxyl groups excluding tert-OH is 1. The molecule has 1 rings (SSSR count). The smallest absolute Gasteiger partial charge is 0.329 e. The van der Waals surface area contributed by atoms with E-state index in [9.17, 15) is 19.5 Å². The predicted molar refractivity (Wildman–Crippen MR) is 50.6 cm³/mol. The molecule has 2 atom stereocenters. The Bertz CT molecular complexity index is 341. The van der Waals surface area contributed by atoms with Crippen LogP contribution >= 0.6 is 0 Å². The summed E-state index contributed by atoms with van der Waals surface area (Å²) in [7, 11) is 0. The van der Waals surface area contributed by atoms with Gasteiger partial charge in [-0.3, -0.25) is 9.59 Å². The van der Waals surface area contributed by atoms with E-state index < -0.39 is 35.9 Å². The molecule has 1 aliphatic heterocycles. The third kappa shape index (κ3) is 2.13. The molecule has 1 fully saturated rings. The summed E-state index contributed by atoms with van der Waals surface area (Å²) < 4.78 is 0. The molecule has 0 spiro atoms. The molecule has 90 valence electrons. The van der Waals surface area contributed by atoms with Gasteiger partial charge in [-0.15, -0.1) is 0 Å². The number of carbonyl (C=O) groups excluding carboxylic acids is 1. The van der Waals surface area contributed by atoms with Crippen molar-refractivity contribution in [2.75, 3.05) is 6.54 Å². The highest BCUT2D eigenvalue weighted by atomic mass is 16.4. The van der Waals surface area contributed by atoms with Crippen molar-refractivity contribution >= 4 is 17.8 Å². The first-order valence-corrected chi connectivity index (χ1v) is 4.71. The molecule has 16 heavy (non-hydrogen) atoms. The topological polar surface area (TPSA) is 115 Å². The van der Waals surface area contributed by atoms with Crippen molar-refractivity contribution in [3.05, 3.63) is 0 Å². The Kier molecular flexibility index (Phi) is 3.18. The van der Waals surface area contributed by atoms with E-state index in [0.717, 1.165) is 4.90 Å². The highest BCUT2D eigenvalue weighted by Crippen LogP contribution is 2.30. The molecular weight excluding hydrogens is 218 g/mol. The van der Waals surface area contributed by atoms with E-state index >= 15 is 0 Å². The van der Waals surface area contributed by atoms with Gasteiger partial charge in [-0.25, -0.2) is 4.79 Å². The first-order chi connectivity index (χ1) is 7.27. The Morgan fingerprint density at radius 2 is 1.94 bits per heavy atom. The standard InChI is InChI=1S/C9H13NO6/c1-9(8(15)16)3-5(11)4-10(9)6(12)2-7(13)14/h5,11H,2-4H2,1H3,(H,13,14)(H,15,16)/t5-,9+/m1/s1. The van der Waals surface area contributed by atoms with Gasteiger partial charge in [0.2, 0.25) is 5.91 Å². The molecule has 7 heteroatoms. The number of rotatable bonds is 3. The van der Waals surface area contributed by atoms with Gasteiger partial charge in [0.25, 0.3) is 0 Å². The number of hydrogen-bond donors (Lipinski definition) is 3. The number of hydrogen-bond acceptors (Lipinski definition) is 4. The van der Waals surface area contributed by atoms with Crippen LogP contribution in [0.25, 0.3) is 0 Å². The summed E-state index contributed by atoms with van der Waals surface area (Å²) in [6, 6.07) is 0. The molecule has 0 aliphatic carbocycles. The predicted octanol–water partition coefficient (Wildman–Crippen LogP) is -1.10. The number of aliphatic carboxylic acids is 2. The lowest BCUT2D eigenvalue weighted by Gasteiger charge is -2.30. The van der Waals surface area contributed by atoms with Crippen LogP contribution in [-0.2, 0) is 14.4 Å². The van der Waals surface area contributed by atoms with Gasteiger partial charge in [0.1, 0.15) is 12.0 Å². The van der Waals surface area contributed by atoms with Crippen molar-refractivity contribution in [2.45, 2.75) is 31.4 Å². The van der Waals surface area contributed by atoms with Crippen LogP contribution in [0.15, 0.2) is 0 Å². The van der Waals surface area contributed by atoms with Gasteiger partial charge in [-0.1, -0.05) is 0 Å². The second-order valence-corrected chi connectivity index (χ2v) is 4.01. The van der Waals surface area contributed by atoms with E-state index in [4.69, 9.17) is 10.2 Å². The summed E-state index contributed by atoms with van der Waals surface area (Å²) in [4.78, 5) is 33.8. The molecule has 0 unspecified atom stereocenters. The first-order valence-electron chi connectivity index (χ1n) is 4.71. The second kappa shape index (κ2) is 4.09. The lowest BCUT2D eigenvalue weighted by molar-refractivity contribution is -0.157. The third-order valence-electron chi connectivity index (χ3n) is 2.69. The van der Waals surface area contributed by atoms with Crippen molar-refractivity contribution in [1.29, 1.82) is 0 Å². The van der Waals surface area contributed by atoms with Crippen LogP contribution in [0.5, 0.6) is 0 Å². The minimum absolute atomic E-state index is 0.0896. The van der Waals surface area contributed by atoms with Crippen LogP contribution in [0, 0.1) is 0 Å². The van der Waals surface area contributed by atoms with Gasteiger partial charge >= 0.3 is 11.9 Å². The molecule has 0 aromatic carbocycles. The van der Waals surface area contributed by atoms with E-state index in [2.05, 4.69) is 0 Å². The van der Waals surface area contributed by atoms with Crippen molar-refractivity contribution < 1.29 is 29.7 Å². The Hall–Kier alpha value is -1.63. The van der Waals surface area contributed by atoms with Crippen molar-refractivity contribution in [3.8, 4) is 0 Å². The van der Waals surface area contributed by atoms with Crippen LogP contribution in [-0.4, -0.2) is 56.3 Å².